The highest BCUT2D eigenvalue weighted by atomic mass is 35.5. The van der Waals surface area contributed by atoms with Crippen molar-refractivity contribution in [2.24, 2.45) is 16.6 Å². The first-order chi connectivity index (χ1) is 17.0. The van der Waals surface area contributed by atoms with E-state index in [1.54, 1.807) is 18.2 Å². The highest BCUT2D eigenvalue weighted by Gasteiger charge is 2.34. The van der Waals surface area contributed by atoms with Gasteiger partial charge in [-0.1, -0.05) is 24.3 Å². The summed E-state index contributed by atoms with van der Waals surface area (Å²) in [4.78, 5) is 6.11. The van der Waals surface area contributed by atoms with Crippen LogP contribution in [0.5, 0.6) is 5.75 Å². The van der Waals surface area contributed by atoms with Crippen molar-refractivity contribution in [3.63, 3.8) is 0 Å². The number of aryl methyl sites for hydroxylation is 1. The molecule has 2 aromatic carbocycles. The van der Waals surface area contributed by atoms with Crippen LogP contribution in [-0.2, 0) is 29.2 Å². The van der Waals surface area contributed by atoms with Gasteiger partial charge in [0.1, 0.15) is 22.1 Å². The van der Waals surface area contributed by atoms with E-state index >= 15 is 0 Å². The number of ether oxygens (including phenoxy) is 1. The molecular weight excluding hydrogens is 546 g/mol. The lowest BCUT2D eigenvalue weighted by Gasteiger charge is -2.32. The van der Waals surface area contributed by atoms with Gasteiger partial charge in [0.15, 0.2) is 0 Å². The van der Waals surface area contributed by atoms with Crippen molar-refractivity contribution in [1.82, 2.24) is 9.21 Å². The van der Waals surface area contributed by atoms with E-state index in [-0.39, 0.29) is 49.4 Å². The molecule has 1 fully saturated rings. The van der Waals surface area contributed by atoms with Crippen molar-refractivity contribution in [3.05, 3.63) is 54.1 Å². The van der Waals surface area contributed by atoms with Gasteiger partial charge in [-0.05, 0) is 49.0 Å². The van der Waals surface area contributed by atoms with Crippen LogP contribution in [0.2, 0.25) is 0 Å². The maximum Gasteiger partial charge on any atom is 0.301 e. The lowest BCUT2D eigenvalue weighted by molar-refractivity contribution is -0.0173. The minimum absolute atomic E-state index is 0. The van der Waals surface area contributed by atoms with Gasteiger partial charge in [0, 0.05) is 32.6 Å². The normalized spacial score (nSPS) is 15.8. The van der Waals surface area contributed by atoms with Gasteiger partial charge < -0.3 is 25.9 Å². The molecule has 0 aromatic heterocycles. The van der Waals surface area contributed by atoms with Crippen molar-refractivity contribution in [2.45, 2.75) is 29.4 Å². The largest absolute Gasteiger partial charge is 0.464 e. The molecule has 12 nitrogen and oxygen atoms in total. The average Bonchev–Trinajstić information content (AvgIpc) is 2.82. The van der Waals surface area contributed by atoms with Crippen LogP contribution in [0.3, 0.4) is 0 Å². The number of nitrogens with zero attached hydrogens (tertiary/aromatic N) is 3. The highest BCUT2D eigenvalue weighted by Crippen LogP contribution is 2.28. The van der Waals surface area contributed by atoms with Crippen LogP contribution in [0.1, 0.15) is 12.0 Å². The lowest BCUT2D eigenvalue weighted by atomic mass is 10.2. The summed E-state index contributed by atoms with van der Waals surface area (Å²) in [5, 5.41) is 3.40. The molecule has 0 aliphatic carbocycles. The van der Waals surface area contributed by atoms with Gasteiger partial charge in [0.05, 0.1) is 0 Å². The van der Waals surface area contributed by atoms with Crippen LogP contribution in [0.15, 0.2) is 63.5 Å². The molecule has 0 radical (unpaired) electrons. The first kappa shape index (κ1) is 30.6. The molecule has 2 aromatic rings. The Kier molecular flexibility index (Phi) is 11.0. The number of guanidine groups is 1. The van der Waals surface area contributed by atoms with E-state index in [9.17, 15) is 16.8 Å². The Balaban J connectivity index is 0.00000481. The fourth-order valence-corrected chi connectivity index (χ4v) is 6.67. The van der Waals surface area contributed by atoms with Gasteiger partial charge in [0.25, 0.3) is 0 Å². The van der Waals surface area contributed by atoms with Crippen molar-refractivity contribution >= 4 is 38.5 Å². The molecule has 1 aliphatic heterocycles. The Morgan fingerprint density at radius 1 is 1.00 bits per heavy atom. The van der Waals surface area contributed by atoms with Gasteiger partial charge in [-0.25, -0.2) is 12.6 Å². The predicted molar refractivity (Wildman–Crippen MR) is 140 cm³/mol. The summed E-state index contributed by atoms with van der Waals surface area (Å²) in [6.07, 6.45) is -1.44. The zero-order valence-electron chi connectivity index (χ0n) is 20.5. The highest BCUT2D eigenvalue weighted by molar-refractivity contribution is 7.91. The van der Waals surface area contributed by atoms with Crippen LogP contribution in [0.25, 0.3) is 0 Å². The van der Waals surface area contributed by atoms with Crippen LogP contribution in [-0.4, -0.2) is 78.1 Å². The molecule has 0 saturated carbocycles. The van der Waals surface area contributed by atoms with Crippen LogP contribution < -0.4 is 16.2 Å². The standard InChI is InChI=1S/C22H31N5O7S2.ClH/c1-17-6-5-7-18(16-17)33-21(10-15-32-25-22(23)24)34-36(30,31)20-9-4-3-8-19(20)35(28,29)27-13-11-26(2)12-14-27;/h3-9,16,21H,10-15H2,1-2H3,(H4,23,24,25);1H. The molecule has 1 unspecified atom stereocenters. The maximum atomic E-state index is 13.3. The number of halogens is 1. The lowest BCUT2D eigenvalue weighted by Crippen LogP contribution is -2.47. The molecule has 0 bridgehead atoms. The summed E-state index contributed by atoms with van der Waals surface area (Å²) >= 11 is 0. The van der Waals surface area contributed by atoms with E-state index in [0.717, 1.165) is 5.56 Å². The number of rotatable bonds is 11. The molecule has 0 amide bonds. The predicted octanol–water partition coefficient (Wildman–Crippen LogP) is 1.06. The second-order valence-electron chi connectivity index (χ2n) is 8.21. The van der Waals surface area contributed by atoms with Gasteiger partial charge in [-0.3, -0.25) is 0 Å². The van der Waals surface area contributed by atoms with E-state index in [1.807, 2.05) is 24.9 Å². The second-order valence-corrected chi connectivity index (χ2v) is 11.7. The fourth-order valence-electron chi connectivity index (χ4n) is 3.47. The molecule has 15 heteroatoms. The number of sulfonamides is 1. The molecule has 1 saturated heterocycles. The quantitative estimate of drug-likeness (QED) is 0.0983. The first-order valence-electron chi connectivity index (χ1n) is 11.1. The topological polar surface area (TPSA) is 167 Å². The first-order valence-corrected chi connectivity index (χ1v) is 14.0. The Bertz CT molecular complexity index is 1280. The number of piperazine rings is 1. The summed E-state index contributed by atoms with van der Waals surface area (Å²) in [5.41, 5.74) is 11.4. The van der Waals surface area contributed by atoms with E-state index in [2.05, 4.69) is 5.16 Å². The van der Waals surface area contributed by atoms with Crippen LogP contribution in [0.4, 0.5) is 0 Å². The van der Waals surface area contributed by atoms with E-state index in [1.165, 1.54) is 28.6 Å². The third-order valence-corrected chi connectivity index (χ3v) is 8.75. The SMILES string of the molecule is Cc1cccc(OC(CCON=C(N)N)OS(=O)(=O)c2ccccc2S(=O)(=O)N2CCN(C)CC2)c1.Cl. The minimum atomic E-state index is -4.59. The molecule has 37 heavy (non-hydrogen) atoms. The number of likely N-dealkylation sites (N-methyl/N-ethyl adjacent to an activating group) is 1. The average molecular weight is 578 g/mol. The minimum Gasteiger partial charge on any atom is -0.464 e. The third-order valence-electron chi connectivity index (χ3n) is 5.30. The molecule has 0 spiro atoms. The third kappa shape index (κ3) is 8.45. The van der Waals surface area contributed by atoms with E-state index in [4.69, 9.17) is 25.2 Å². The molecular formula is C22H32ClN5O7S2. The fraction of sp³-hybridized carbons (Fsp3) is 0.409. The molecule has 206 valence electrons. The van der Waals surface area contributed by atoms with Crippen molar-refractivity contribution in [3.8, 4) is 5.75 Å². The Morgan fingerprint density at radius 3 is 2.27 bits per heavy atom. The van der Waals surface area contributed by atoms with E-state index < -0.39 is 31.3 Å². The zero-order valence-corrected chi connectivity index (χ0v) is 23.0. The summed E-state index contributed by atoms with van der Waals surface area (Å²) in [6.45, 7) is 3.27. The van der Waals surface area contributed by atoms with E-state index in [0.29, 0.717) is 18.8 Å². The van der Waals surface area contributed by atoms with Gasteiger partial charge in [0.2, 0.25) is 22.3 Å². The Labute approximate surface area is 223 Å². The van der Waals surface area contributed by atoms with Crippen molar-refractivity contribution in [2.75, 3.05) is 39.8 Å². The van der Waals surface area contributed by atoms with Gasteiger partial charge in [-0.2, -0.15) is 12.7 Å². The van der Waals surface area contributed by atoms with Crippen molar-refractivity contribution in [1.29, 1.82) is 0 Å². The smallest absolute Gasteiger partial charge is 0.301 e. The summed E-state index contributed by atoms with van der Waals surface area (Å²) < 4.78 is 65.8. The Hall–Kier alpha value is -2.62. The molecule has 1 aliphatic rings. The maximum absolute atomic E-state index is 13.3. The number of nitrogens with two attached hydrogens (primary N) is 2. The van der Waals surface area contributed by atoms with Gasteiger partial charge in [-0.15, -0.1) is 12.4 Å². The molecule has 3 rings (SSSR count). The number of hydrogen-bond donors (Lipinski definition) is 2. The number of hydrogen-bond acceptors (Lipinski definition) is 9. The molecule has 1 atom stereocenters. The van der Waals surface area contributed by atoms with Crippen LogP contribution >= 0.6 is 12.4 Å². The summed E-state index contributed by atoms with van der Waals surface area (Å²) in [5.74, 6) is 0.0538. The Morgan fingerprint density at radius 2 is 1.65 bits per heavy atom. The second kappa shape index (κ2) is 13.3. The van der Waals surface area contributed by atoms with Gasteiger partial charge >= 0.3 is 10.1 Å². The molecule has 4 N–H and O–H groups in total. The zero-order chi connectivity index (χ0) is 26.3. The number of oxime groups is 1. The van der Waals surface area contributed by atoms with Crippen LogP contribution in [0, 0.1) is 6.92 Å². The van der Waals surface area contributed by atoms with Crippen molar-refractivity contribution < 1.29 is 30.6 Å². The number of benzene rings is 2. The summed E-state index contributed by atoms with van der Waals surface area (Å²) in [7, 11) is -6.79. The summed E-state index contributed by atoms with van der Waals surface area (Å²) in [6, 6.07) is 12.3. The monoisotopic (exact) mass is 577 g/mol. The molecule has 1 heterocycles.